The number of hydrogen-bond donors (Lipinski definition) is 2. The summed E-state index contributed by atoms with van der Waals surface area (Å²) >= 11 is 6.67. The molecule has 2 N–H and O–H groups in total. The molecule has 0 unspecified atom stereocenters. The third kappa shape index (κ3) is 4.47. The first-order valence-corrected chi connectivity index (χ1v) is 13.7. The largest absolute Gasteiger partial charge is 0.374 e. The molecule has 11 heteroatoms. The van der Waals surface area contributed by atoms with Gasteiger partial charge in [0.15, 0.2) is 5.03 Å². The van der Waals surface area contributed by atoms with Crippen molar-refractivity contribution in [2.24, 2.45) is 0 Å². The Balaban J connectivity index is 1.65. The maximum atomic E-state index is 13.1. The molecule has 0 saturated heterocycles. The monoisotopic (exact) mass is 495 g/mol. The molecule has 0 spiro atoms. The third-order valence-corrected chi connectivity index (χ3v) is 9.40. The van der Waals surface area contributed by atoms with Crippen LogP contribution >= 0.6 is 22.9 Å². The van der Waals surface area contributed by atoms with Gasteiger partial charge in [-0.3, -0.25) is 0 Å². The standard InChI is InChI=1S/C20H18ClN3O4S3/c1-30(25,26)20-24-19(31(27,28)15-8-6-14(21)7-9-15)18(29-20)22-11-10-13-12-23-17-5-3-2-4-16(13)17/h2-9,12,22-23H,10-11H2,1H3. The number of rotatable bonds is 7. The minimum absolute atomic E-state index is 0.0121. The van der Waals surface area contributed by atoms with E-state index < -0.39 is 19.7 Å². The van der Waals surface area contributed by atoms with E-state index in [1.165, 1.54) is 24.3 Å². The van der Waals surface area contributed by atoms with Crippen molar-refractivity contribution in [3.05, 3.63) is 65.3 Å². The van der Waals surface area contributed by atoms with E-state index in [4.69, 9.17) is 11.6 Å². The predicted molar refractivity (Wildman–Crippen MR) is 123 cm³/mol. The fourth-order valence-corrected chi connectivity index (χ4v) is 6.79. The molecule has 2 aromatic heterocycles. The molecular formula is C20H18ClN3O4S3. The number of aromatic amines is 1. The van der Waals surface area contributed by atoms with E-state index in [1.807, 2.05) is 30.5 Å². The Morgan fingerprint density at radius 1 is 1.06 bits per heavy atom. The van der Waals surface area contributed by atoms with Crippen molar-refractivity contribution in [1.82, 2.24) is 9.97 Å². The van der Waals surface area contributed by atoms with Crippen LogP contribution in [0.1, 0.15) is 5.56 Å². The fourth-order valence-electron chi connectivity index (χ4n) is 3.11. The second-order valence-electron chi connectivity index (χ2n) is 6.88. The summed E-state index contributed by atoms with van der Waals surface area (Å²) in [7, 11) is -7.71. The number of aromatic nitrogens is 2. The maximum Gasteiger partial charge on any atom is 0.226 e. The summed E-state index contributed by atoms with van der Waals surface area (Å²) in [4.78, 5) is 7.15. The lowest BCUT2D eigenvalue weighted by Gasteiger charge is -2.07. The summed E-state index contributed by atoms with van der Waals surface area (Å²) in [5, 5.41) is 4.43. The van der Waals surface area contributed by atoms with Crippen molar-refractivity contribution in [2.75, 3.05) is 18.1 Å². The van der Waals surface area contributed by atoms with Crippen molar-refractivity contribution in [3.8, 4) is 0 Å². The lowest BCUT2D eigenvalue weighted by molar-refractivity contribution is 0.591. The first-order valence-electron chi connectivity index (χ1n) is 9.16. The zero-order chi connectivity index (χ0) is 22.2. The van der Waals surface area contributed by atoms with Crippen molar-refractivity contribution >= 4 is 58.5 Å². The second kappa shape index (κ2) is 8.27. The van der Waals surface area contributed by atoms with Crippen LogP contribution in [0.25, 0.3) is 10.9 Å². The van der Waals surface area contributed by atoms with Gasteiger partial charge in [0, 0.05) is 34.9 Å². The molecule has 0 radical (unpaired) electrons. The number of halogens is 1. The number of H-pyrrole nitrogens is 1. The molecule has 4 rings (SSSR count). The van der Waals surface area contributed by atoms with Gasteiger partial charge in [0.05, 0.1) is 4.90 Å². The summed E-state index contributed by atoms with van der Waals surface area (Å²) < 4.78 is 50.0. The highest BCUT2D eigenvalue weighted by Gasteiger charge is 2.29. The van der Waals surface area contributed by atoms with Gasteiger partial charge < -0.3 is 10.3 Å². The first-order chi connectivity index (χ1) is 14.7. The average molecular weight is 496 g/mol. The van der Waals surface area contributed by atoms with E-state index in [0.29, 0.717) is 18.0 Å². The molecule has 7 nitrogen and oxygen atoms in total. The summed E-state index contributed by atoms with van der Waals surface area (Å²) in [6, 6.07) is 13.5. The highest BCUT2D eigenvalue weighted by Crippen LogP contribution is 2.35. The van der Waals surface area contributed by atoms with Crippen LogP contribution in [0.2, 0.25) is 5.02 Å². The first kappa shape index (κ1) is 21.8. The van der Waals surface area contributed by atoms with Crippen LogP contribution in [-0.2, 0) is 26.1 Å². The SMILES string of the molecule is CS(=O)(=O)c1nc(S(=O)(=O)c2ccc(Cl)cc2)c(NCCc2c[nH]c3ccccc23)s1. The number of para-hydroxylation sites is 1. The fraction of sp³-hybridized carbons (Fsp3) is 0.150. The van der Waals surface area contributed by atoms with Gasteiger partial charge in [-0.2, -0.15) is 0 Å². The molecule has 0 atom stereocenters. The minimum Gasteiger partial charge on any atom is -0.374 e. The van der Waals surface area contributed by atoms with E-state index in [1.54, 1.807) is 0 Å². The predicted octanol–water partition coefficient (Wildman–Crippen LogP) is 4.17. The molecule has 162 valence electrons. The number of sulfone groups is 2. The molecule has 0 aliphatic rings. The minimum atomic E-state index is -4.04. The van der Waals surface area contributed by atoms with Crippen LogP contribution < -0.4 is 5.32 Å². The van der Waals surface area contributed by atoms with Gasteiger partial charge in [-0.05, 0) is 42.3 Å². The van der Waals surface area contributed by atoms with E-state index in [2.05, 4.69) is 15.3 Å². The van der Waals surface area contributed by atoms with Gasteiger partial charge in [0.1, 0.15) is 5.00 Å². The molecule has 2 aromatic carbocycles. The topological polar surface area (TPSA) is 109 Å². The van der Waals surface area contributed by atoms with E-state index in [0.717, 1.165) is 34.1 Å². The molecule has 2 heterocycles. The molecule has 0 fully saturated rings. The van der Waals surface area contributed by atoms with Crippen LogP contribution in [0.15, 0.2) is 69.0 Å². The van der Waals surface area contributed by atoms with Gasteiger partial charge in [-0.1, -0.05) is 41.1 Å². The van der Waals surface area contributed by atoms with Crippen molar-refractivity contribution in [3.63, 3.8) is 0 Å². The van der Waals surface area contributed by atoms with Crippen LogP contribution in [0.3, 0.4) is 0 Å². The highest BCUT2D eigenvalue weighted by atomic mass is 35.5. The Labute approximate surface area is 188 Å². The maximum absolute atomic E-state index is 13.1. The van der Waals surface area contributed by atoms with Crippen molar-refractivity contribution < 1.29 is 16.8 Å². The quantitative estimate of drug-likeness (QED) is 0.398. The second-order valence-corrected chi connectivity index (χ2v) is 12.4. The van der Waals surface area contributed by atoms with Gasteiger partial charge in [0.2, 0.25) is 24.0 Å². The van der Waals surface area contributed by atoms with E-state index >= 15 is 0 Å². The van der Waals surface area contributed by atoms with Gasteiger partial charge in [0.25, 0.3) is 0 Å². The number of fused-ring (bicyclic) bond motifs is 1. The number of anilines is 1. The lowest BCUT2D eigenvalue weighted by atomic mass is 10.1. The molecule has 31 heavy (non-hydrogen) atoms. The Bertz CT molecular complexity index is 1460. The van der Waals surface area contributed by atoms with Crippen LogP contribution in [-0.4, -0.2) is 39.6 Å². The Morgan fingerprint density at radius 2 is 1.77 bits per heavy atom. The highest BCUT2D eigenvalue weighted by molar-refractivity contribution is 7.93. The number of nitrogens with one attached hydrogen (secondary N) is 2. The zero-order valence-electron chi connectivity index (χ0n) is 16.3. The Morgan fingerprint density at radius 3 is 2.48 bits per heavy atom. The molecular weight excluding hydrogens is 478 g/mol. The normalized spacial score (nSPS) is 12.3. The summed E-state index contributed by atoms with van der Waals surface area (Å²) in [5.41, 5.74) is 2.08. The van der Waals surface area contributed by atoms with Crippen LogP contribution in [0.5, 0.6) is 0 Å². The molecule has 4 aromatic rings. The van der Waals surface area contributed by atoms with Gasteiger partial charge in [-0.25, -0.2) is 21.8 Å². The smallest absolute Gasteiger partial charge is 0.226 e. The number of nitrogens with zero attached hydrogens (tertiary/aromatic N) is 1. The molecule has 0 saturated carbocycles. The number of thiazole rings is 1. The number of benzene rings is 2. The Hall–Kier alpha value is -2.40. The summed E-state index contributed by atoms with van der Waals surface area (Å²) in [6.07, 6.45) is 3.52. The van der Waals surface area contributed by atoms with Gasteiger partial charge in [-0.15, -0.1) is 0 Å². The van der Waals surface area contributed by atoms with Crippen molar-refractivity contribution in [1.29, 1.82) is 0 Å². The van der Waals surface area contributed by atoms with Crippen molar-refractivity contribution in [2.45, 2.75) is 20.7 Å². The van der Waals surface area contributed by atoms with E-state index in [-0.39, 0.29) is 19.3 Å². The average Bonchev–Trinajstić information content (AvgIpc) is 3.33. The lowest BCUT2D eigenvalue weighted by Crippen LogP contribution is -2.09. The molecule has 0 bridgehead atoms. The van der Waals surface area contributed by atoms with Gasteiger partial charge >= 0.3 is 0 Å². The molecule has 0 amide bonds. The molecule has 0 aliphatic heterocycles. The summed E-state index contributed by atoms with van der Waals surface area (Å²) in [6.45, 7) is 0.399. The van der Waals surface area contributed by atoms with Crippen LogP contribution in [0, 0.1) is 0 Å². The molecule has 0 aliphatic carbocycles. The van der Waals surface area contributed by atoms with Crippen LogP contribution in [0.4, 0.5) is 5.00 Å². The third-order valence-electron chi connectivity index (χ3n) is 4.63. The Kier molecular flexibility index (Phi) is 5.82. The zero-order valence-corrected chi connectivity index (χ0v) is 19.5. The number of hydrogen-bond acceptors (Lipinski definition) is 7. The van der Waals surface area contributed by atoms with E-state index in [9.17, 15) is 16.8 Å². The summed E-state index contributed by atoms with van der Waals surface area (Å²) in [5.74, 6) is 0.